The molecule has 5 heteroatoms. The maximum absolute atomic E-state index is 12.9. The minimum atomic E-state index is -1.09. The molecule has 0 fully saturated rings. The minimum absolute atomic E-state index is 0.0786. The lowest BCUT2D eigenvalue weighted by molar-refractivity contribution is 0.0660. The van der Waals surface area contributed by atoms with Gasteiger partial charge in [-0.25, -0.2) is 9.18 Å². The zero-order valence-corrected chi connectivity index (χ0v) is 10.5. The number of halogens is 1. The Morgan fingerprint density at radius 2 is 1.95 bits per heavy atom. The summed E-state index contributed by atoms with van der Waals surface area (Å²) in [5, 5.41) is 8.79. The van der Waals surface area contributed by atoms with Gasteiger partial charge in [-0.3, -0.25) is 0 Å². The fraction of sp³-hybridized carbons (Fsp3) is 0.214. The van der Waals surface area contributed by atoms with Gasteiger partial charge in [-0.1, -0.05) is 0 Å². The summed E-state index contributed by atoms with van der Waals surface area (Å²) >= 11 is 0. The summed E-state index contributed by atoms with van der Waals surface area (Å²) in [4.78, 5) is 12.7. The van der Waals surface area contributed by atoms with Crippen molar-refractivity contribution in [2.24, 2.45) is 0 Å². The second kappa shape index (κ2) is 5.56. The Balaban J connectivity index is 2.14. The van der Waals surface area contributed by atoms with Crippen molar-refractivity contribution in [1.82, 2.24) is 0 Å². The second-order valence-corrected chi connectivity index (χ2v) is 4.06. The first kappa shape index (κ1) is 13.1. The number of furan rings is 1. The monoisotopic (exact) mass is 263 g/mol. The molecule has 2 rings (SSSR count). The van der Waals surface area contributed by atoms with Crippen molar-refractivity contribution in [3.63, 3.8) is 0 Å². The van der Waals surface area contributed by atoms with Crippen LogP contribution in [-0.4, -0.2) is 17.6 Å². The SMILES string of the molecule is CCN(Cc1ccc(C(=O)O)o1)c1ccc(F)cc1. The second-order valence-electron chi connectivity index (χ2n) is 4.06. The molecule has 19 heavy (non-hydrogen) atoms. The van der Waals surface area contributed by atoms with Gasteiger partial charge in [0.1, 0.15) is 11.6 Å². The van der Waals surface area contributed by atoms with Crippen LogP contribution in [0.2, 0.25) is 0 Å². The lowest BCUT2D eigenvalue weighted by Gasteiger charge is -2.21. The number of anilines is 1. The summed E-state index contributed by atoms with van der Waals surface area (Å²) in [5.41, 5.74) is 0.858. The highest BCUT2D eigenvalue weighted by Gasteiger charge is 2.12. The summed E-state index contributed by atoms with van der Waals surface area (Å²) in [5.74, 6) is -0.893. The molecule has 0 aliphatic rings. The van der Waals surface area contributed by atoms with E-state index in [0.717, 1.165) is 5.69 Å². The summed E-state index contributed by atoms with van der Waals surface area (Å²) in [6, 6.07) is 9.21. The number of hydrogen-bond acceptors (Lipinski definition) is 3. The van der Waals surface area contributed by atoms with Gasteiger partial charge in [-0.05, 0) is 43.3 Å². The molecular formula is C14H14FNO3. The smallest absolute Gasteiger partial charge is 0.371 e. The Morgan fingerprint density at radius 1 is 1.26 bits per heavy atom. The van der Waals surface area contributed by atoms with E-state index >= 15 is 0 Å². The van der Waals surface area contributed by atoms with Crippen molar-refractivity contribution in [3.05, 3.63) is 53.7 Å². The molecule has 0 radical (unpaired) electrons. The third-order valence-electron chi connectivity index (χ3n) is 2.79. The molecule has 0 atom stereocenters. The highest BCUT2D eigenvalue weighted by atomic mass is 19.1. The van der Waals surface area contributed by atoms with Crippen LogP contribution in [0.5, 0.6) is 0 Å². The molecule has 4 nitrogen and oxygen atoms in total. The highest BCUT2D eigenvalue weighted by Crippen LogP contribution is 2.18. The van der Waals surface area contributed by atoms with E-state index in [9.17, 15) is 9.18 Å². The fourth-order valence-electron chi connectivity index (χ4n) is 1.80. The van der Waals surface area contributed by atoms with E-state index in [1.165, 1.54) is 18.2 Å². The normalized spacial score (nSPS) is 10.4. The van der Waals surface area contributed by atoms with E-state index in [1.807, 2.05) is 11.8 Å². The predicted molar refractivity (Wildman–Crippen MR) is 68.8 cm³/mol. The van der Waals surface area contributed by atoms with Crippen LogP contribution in [-0.2, 0) is 6.54 Å². The molecule has 0 aliphatic heterocycles. The maximum Gasteiger partial charge on any atom is 0.371 e. The molecule has 0 unspecified atom stereocenters. The quantitative estimate of drug-likeness (QED) is 0.900. The number of hydrogen-bond donors (Lipinski definition) is 1. The molecular weight excluding hydrogens is 249 g/mol. The Bertz CT molecular complexity index is 562. The molecule has 0 spiro atoms. The molecule has 1 aromatic carbocycles. The lowest BCUT2D eigenvalue weighted by Crippen LogP contribution is -2.21. The minimum Gasteiger partial charge on any atom is -0.475 e. The van der Waals surface area contributed by atoms with E-state index in [1.54, 1.807) is 18.2 Å². The Hall–Kier alpha value is -2.30. The van der Waals surface area contributed by atoms with Crippen LogP contribution >= 0.6 is 0 Å². The predicted octanol–water partition coefficient (Wildman–Crippen LogP) is 3.14. The topological polar surface area (TPSA) is 53.7 Å². The first-order valence-electron chi connectivity index (χ1n) is 5.92. The van der Waals surface area contributed by atoms with Gasteiger partial charge in [0, 0.05) is 12.2 Å². The van der Waals surface area contributed by atoms with Crippen molar-refractivity contribution < 1.29 is 18.7 Å². The number of aromatic carboxylic acids is 1. The largest absolute Gasteiger partial charge is 0.475 e. The van der Waals surface area contributed by atoms with Crippen molar-refractivity contribution >= 4 is 11.7 Å². The van der Waals surface area contributed by atoms with Crippen LogP contribution < -0.4 is 4.90 Å². The van der Waals surface area contributed by atoms with Crippen LogP contribution in [0, 0.1) is 5.82 Å². The third-order valence-corrected chi connectivity index (χ3v) is 2.79. The summed E-state index contributed by atoms with van der Waals surface area (Å²) < 4.78 is 18.1. The maximum atomic E-state index is 12.9. The van der Waals surface area contributed by atoms with Crippen LogP contribution in [0.25, 0.3) is 0 Å². The van der Waals surface area contributed by atoms with E-state index in [2.05, 4.69) is 0 Å². The van der Waals surface area contributed by atoms with Gasteiger partial charge in [-0.2, -0.15) is 0 Å². The molecule has 0 saturated heterocycles. The van der Waals surface area contributed by atoms with Gasteiger partial charge in [0.25, 0.3) is 0 Å². The molecule has 2 aromatic rings. The van der Waals surface area contributed by atoms with E-state index in [0.29, 0.717) is 18.8 Å². The highest BCUT2D eigenvalue weighted by molar-refractivity contribution is 5.84. The summed E-state index contributed by atoms with van der Waals surface area (Å²) in [6.07, 6.45) is 0. The Labute approximate surface area is 110 Å². The van der Waals surface area contributed by atoms with Crippen LogP contribution in [0.3, 0.4) is 0 Å². The van der Waals surface area contributed by atoms with Gasteiger partial charge < -0.3 is 14.4 Å². The van der Waals surface area contributed by atoms with E-state index in [-0.39, 0.29) is 11.6 Å². The Kier molecular flexibility index (Phi) is 3.85. The molecule has 1 aromatic heterocycles. The Morgan fingerprint density at radius 3 is 2.47 bits per heavy atom. The third kappa shape index (κ3) is 3.13. The van der Waals surface area contributed by atoms with Crippen LogP contribution in [0.4, 0.5) is 10.1 Å². The van der Waals surface area contributed by atoms with Crippen molar-refractivity contribution in [1.29, 1.82) is 0 Å². The van der Waals surface area contributed by atoms with Gasteiger partial charge in [-0.15, -0.1) is 0 Å². The molecule has 0 saturated carbocycles. The summed E-state index contributed by atoms with van der Waals surface area (Å²) in [7, 11) is 0. The average Bonchev–Trinajstić information content (AvgIpc) is 2.86. The van der Waals surface area contributed by atoms with Crippen molar-refractivity contribution in [2.45, 2.75) is 13.5 Å². The summed E-state index contributed by atoms with van der Waals surface area (Å²) in [6.45, 7) is 3.11. The van der Waals surface area contributed by atoms with Gasteiger partial charge in [0.05, 0.1) is 6.54 Å². The van der Waals surface area contributed by atoms with Crippen LogP contribution in [0.1, 0.15) is 23.2 Å². The zero-order chi connectivity index (χ0) is 13.8. The molecule has 1 heterocycles. The number of nitrogens with zero attached hydrogens (tertiary/aromatic N) is 1. The van der Waals surface area contributed by atoms with Gasteiger partial charge in [0.2, 0.25) is 5.76 Å². The number of carboxylic acid groups (broad SMARTS) is 1. The number of rotatable bonds is 5. The first-order chi connectivity index (χ1) is 9.10. The molecule has 0 bridgehead atoms. The van der Waals surface area contributed by atoms with Crippen molar-refractivity contribution in [3.8, 4) is 0 Å². The molecule has 1 N–H and O–H groups in total. The molecule has 0 amide bonds. The standard InChI is InChI=1S/C14H14FNO3/c1-2-16(11-5-3-10(15)4-6-11)9-12-7-8-13(19-12)14(17)18/h3-8H,2,9H2,1H3,(H,17,18). The molecule has 0 aliphatic carbocycles. The van der Waals surface area contributed by atoms with E-state index < -0.39 is 5.97 Å². The first-order valence-corrected chi connectivity index (χ1v) is 5.92. The van der Waals surface area contributed by atoms with Gasteiger partial charge >= 0.3 is 5.97 Å². The average molecular weight is 263 g/mol. The van der Waals surface area contributed by atoms with Crippen LogP contribution in [0.15, 0.2) is 40.8 Å². The van der Waals surface area contributed by atoms with Gasteiger partial charge in [0.15, 0.2) is 0 Å². The van der Waals surface area contributed by atoms with Crippen molar-refractivity contribution in [2.75, 3.05) is 11.4 Å². The zero-order valence-electron chi connectivity index (χ0n) is 10.5. The number of carboxylic acids is 1. The molecule has 100 valence electrons. The number of carbonyl (C=O) groups is 1. The lowest BCUT2D eigenvalue weighted by atomic mass is 10.2. The fourth-order valence-corrected chi connectivity index (χ4v) is 1.80. The van der Waals surface area contributed by atoms with E-state index in [4.69, 9.17) is 9.52 Å². The number of benzene rings is 1.